The fourth-order valence-corrected chi connectivity index (χ4v) is 5.79. The summed E-state index contributed by atoms with van der Waals surface area (Å²) in [5.74, 6) is 0.443. The molecule has 1 aliphatic rings. The van der Waals surface area contributed by atoms with Gasteiger partial charge in [0, 0.05) is 26.2 Å². The minimum atomic E-state index is -2.02. The summed E-state index contributed by atoms with van der Waals surface area (Å²) in [5, 5.41) is 0.0671. The summed E-state index contributed by atoms with van der Waals surface area (Å²) in [6, 6.07) is 13.1. The SMILES string of the molecule is CC(=O)N(C/C=C/C1CC(O[Si](C)(C)C(C)(C)C)CN1C(=O)OCc1ccccc1)c1ncccc1Br. The maximum absolute atomic E-state index is 13.2. The molecule has 2 amide bonds. The fourth-order valence-electron chi connectivity index (χ4n) is 3.96. The molecule has 37 heavy (non-hydrogen) atoms. The number of aromatic nitrogens is 1. The molecule has 0 aliphatic carbocycles. The van der Waals surface area contributed by atoms with Crippen LogP contribution in [-0.2, 0) is 20.6 Å². The van der Waals surface area contributed by atoms with Crippen molar-refractivity contribution in [2.75, 3.05) is 18.0 Å². The number of carbonyl (C=O) groups is 2. The van der Waals surface area contributed by atoms with Gasteiger partial charge < -0.3 is 9.16 Å². The number of nitrogens with zero attached hydrogens (tertiary/aromatic N) is 3. The van der Waals surface area contributed by atoms with Gasteiger partial charge in [0.15, 0.2) is 8.32 Å². The molecule has 200 valence electrons. The van der Waals surface area contributed by atoms with Crippen LogP contribution in [0, 0.1) is 0 Å². The highest BCUT2D eigenvalue weighted by Gasteiger charge is 2.43. The zero-order valence-electron chi connectivity index (χ0n) is 22.6. The van der Waals surface area contributed by atoms with Crippen molar-refractivity contribution in [3.05, 3.63) is 70.8 Å². The molecule has 9 heteroatoms. The van der Waals surface area contributed by atoms with Gasteiger partial charge >= 0.3 is 6.09 Å². The molecule has 1 aromatic carbocycles. The summed E-state index contributed by atoms with van der Waals surface area (Å²) in [5.41, 5.74) is 0.939. The number of likely N-dealkylation sites (tertiary alicyclic amines) is 1. The Morgan fingerprint density at radius 3 is 2.51 bits per heavy atom. The van der Waals surface area contributed by atoms with Crippen LogP contribution in [0.25, 0.3) is 0 Å². The van der Waals surface area contributed by atoms with Crippen molar-refractivity contribution in [1.29, 1.82) is 0 Å². The Labute approximate surface area is 230 Å². The lowest BCUT2D eigenvalue weighted by Crippen LogP contribution is -2.44. The number of rotatable bonds is 8. The van der Waals surface area contributed by atoms with Crippen molar-refractivity contribution < 1.29 is 18.8 Å². The van der Waals surface area contributed by atoms with E-state index in [2.05, 4.69) is 54.8 Å². The maximum atomic E-state index is 13.2. The first kappa shape index (κ1) is 29.1. The monoisotopic (exact) mass is 587 g/mol. The molecule has 2 atom stereocenters. The Kier molecular flexibility index (Phi) is 9.72. The fraction of sp³-hybridized carbons (Fsp3) is 0.464. The third kappa shape index (κ3) is 7.75. The van der Waals surface area contributed by atoms with Crippen LogP contribution in [0.1, 0.15) is 39.7 Å². The van der Waals surface area contributed by atoms with Crippen molar-refractivity contribution in [2.45, 2.75) is 71.0 Å². The highest BCUT2D eigenvalue weighted by atomic mass is 79.9. The lowest BCUT2D eigenvalue weighted by Gasteiger charge is -2.38. The highest BCUT2D eigenvalue weighted by Crippen LogP contribution is 2.39. The number of anilines is 1. The van der Waals surface area contributed by atoms with Crippen LogP contribution in [0.15, 0.2) is 65.3 Å². The summed E-state index contributed by atoms with van der Waals surface area (Å²) in [7, 11) is -2.02. The third-order valence-electron chi connectivity index (χ3n) is 7.03. The van der Waals surface area contributed by atoms with E-state index in [1.165, 1.54) is 6.92 Å². The van der Waals surface area contributed by atoms with E-state index in [1.807, 2.05) is 54.6 Å². The second-order valence-corrected chi connectivity index (χ2v) is 16.5. The van der Waals surface area contributed by atoms with Crippen molar-refractivity contribution >= 4 is 42.1 Å². The molecule has 1 aromatic heterocycles. The predicted octanol–water partition coefficient (Wildman–Crippen LogP) is 6.55. The minimum Gasteiger partial charge on any atom is -0.445 e. The second kappa shape index (κ2) is 12.4. The Morgan fingerprint density at radius 2 is 1.89 bits per heavy atom. The van der Waals surface area contributed by atoms with Gasteiger partial charge in [0.25, 0.3) is 0 Å². The Morgan fingerprint density at radius 1 is 1.19 bits per heavy atom. The largest absolute Gasteiger partial charge is 0.445 e. The molecule has 0 N–H and O–H groups in total. The molecular formula is C28H38BrN3O4Si. The molecule has 1 aliphatic heterocycles. The van der Waals surface area contributed by atoms with E-state index in [-0.39, 0.29) is 35.8 Å². The Balaban J connectivity index is 1.75. The average molecular weight is 589 g/mol. The van der Waals surface area contributed by atoms with E-state index >= 15 is 0 Å². The Bertz CT molecular complexity index is 1100. The predicted molar refractivity (Wildman–Crippen MR) is 153 cm³/mol. The van der Waals surface area contributed by atoms with Crippen LogP contribution >= 0.6 is 15.9 Å². The van der Waals surface area contributed by atoms with E-state index in [0.717, 1.165) is 10.0 Å². The summed E-state index contributed by atoms with van der Waals surface area (Å²) < 4.78 is 13.1. The first-order valence-electron chi connectivity index (χ1n) is 12.6. The highest BCUT2D eigenvalue weighted by molar-refractivity contribution is 9.10. The quantitative estimate of drug-likeness (QED) is 0.258. The lowest BCUT2D eigenvalue weighted by molar-refractivity contribution is -0.116. The normalized spacial score (nSPS) is 18.3. The standard InChI is InChI=1S/C28H38BrN3O4Si/c1-21(33)31(26-25(29)15-10-16-30-26)17-11-14-23-18-24(36-37(5,6)28(2,3)4)19-32(23)27(34)35-20-22-12-8-7-9-13-22/h7-16,23-24H,17-20H2,1-6H3/b14-11+. The van der Waals surface area contributed by atoms with Crippen molar-refractivity contribution in [1.82, 2.24) is 9.88 Å². The first-order chi connectivity index (χ1) is 17.4. The molecule has 0 bridgehead atoms. The van der Waals surface area contributed by atoms with Gasteiger partial charge in [-0.15, -0.1) is 0 Å². The van der Waals surface area contributed by atoms with Crippen molar-refractivity contribution in [3.8, 4) is 0 Å². The molecule has 1 fully saturated rings. The van der Waals surface area contributed by atoms with Gasteiger partial charge in [0.2, 0.25) is 5.91 Å². The number of carbonyl (C=O) groups excluding carboxylic acids is 2. The van der Waals surface area contributed by atoms with Crippen LogP contribution in [0.3, 0.4) is 0 Å². The topological polar surface area (TPSA) is 72.0 Å². The molecule has 0 radical (unpaired) electrons. The van der Waals surface area contributed by atoms with Gasteiger partial charge in [-0.2, -0.15) is 0 Å². The number of pyridine rings is 1. The molecule has 7 nitrogen and oxygen atoms in total. The van der Waals surface area contributed by atoms with Crippen LogP contribution in [0.2, 0.25) is 18.1 Å². The second-order valence-electron chi connectivity index (χ2n) is 10.9. The maximum Gasteiger partial charge on any atom is 0.410 e. The summed E-state index contributed by atoms with van der Waals surface area (Å²) >= 11 is 3.48. The molecule has 2 unspecified atom stereocenters. The summed E-state index contributed by atoms with van der Waals surface area (Å²) in [6.07, 6.45) is 5.79. The Hall–Kier alpha value is -2.49. The van der Waals surface area contributed by atoms with Crippen LogP contribution in [-0.4, -0.2) is 55.4 Å². The van der Waals surface area contributed by atoms with E-state index in [1.54, 1.807) is 16.0 Å². The minimum absolute atomic E-state index is 0.0671. The summed E-state index contributed by atoms with van der Waals surface area (Å²) in [4.78, 5) is 33.2. The first-order valence-corrected chi connectivity index (χ1v) is 16.3. The number of hydrogen-bond acceptors (Lipinski definition) is 5. The zero-order chi connectivity index (χ0) is 27.2. The molecule has 3 rings (SSSR count). The van der Waals surface area contributed by atoms with E-state index in [9.17, 15) is 9.59 Å². The van der Waals surface area contributed by atoms with Gasteiger partial charge in [-0.25, -0.2) is 9.78 Å². The van der Waals surface area contributed by atoms with Crippen LogP contribution in [0.4, 0.5) is 10.6 Å². The van der Waals surface area contributed by atoms with Gasteiger partial charge in [-0.3, -0.25) is 14.6 Å². The number of benzene rings is 1. The molecule has 2 aromatic rings. The molecular weight excluding hydrogens is 550 g/mol. The number of ether oxygens (including phenoxy) is 1. The van der Waals surface area contributed by atoms with Crippen molar-refractivity contribution in [3.63, 3.8) is 0 Å². The third-order valence-corrected chi connectivity index (χ3v) is 12.2. The number of amides is 2. The van der Waals surface area contributed by atoms with Crippen molar-refractivity contribution in [2.24, 2.45) is 0 Å². The summed E-state index contributed by atoms with van der Waals surface area (Å²) in [6.45, 7) is 13.6. The lowest BCUT2D eigenvalue weighted by atomic mass is 10.2. The van der Waals surface area contributed by atoms with Gasteiger partial charge in [-0.1, -0.05) is 63.3 Å². The van der Waals surface area contributed by atoms with Gasteiger partial charge in [0.05, 0.1) is 16.6 Å². The van der Waals surface area contributed by atoms with E-state index in [0.29, 0.717) is 25.3 Å². The van der Waals surface area contributed by atoms with E-state index in [4.69, 9.17) is 9.16 Å². The average Bonchev–Trinajstić information content (AvgIpc) is 3.22. The van der Waals surface area contributed by atoms with Gasteiger partial charge in [0.1, 0.15) is 12.4 Å². The smallest absolute Gasteiger partial charge is 0.410 e. The number of halogens is 1. The molecule has 2 heterocycles. The van der Waals surface area contributed by atoms with Crippen LogP contribution < -0.4 is 4.90 Å². The van der Waals surface area contributed by atoms with Gasteiger partial charge in [-0.05, 0) is 58.2 Å². The number of hydrogen-bond donors (Lipinski definition) is 0. The molecule has 0 saturated carbocycles. The van der Waals surface area contributed by atoms with Crippen LogP contribution in [0.5, 0.6) is 0 Å². The van der Waals surface area contributed by atoms with E-state index < -0.39 is 8.32 Å². The molecule has 0 spiro atoms. The molecule has 1 saturated heterocycles. The zero-order valence-corrected chi connectivity index (χ0v) is 25.2.